The summed E-state index contributed by atoms with van der Waals surface area (Å²) in [7, 11) is 1.52. The van der Waals surface area contributed by atoms with E-state index < -0.39 is 17.7 Å². The van der Waals surface area contributed by atoms with Crippen LogP contribution >= 0.6 is 0 Å². The highest BCUT2D eigenvalue weighted by Crippen LogP contribution is 2.37. The topological polar surface area (TPSA) is 111 Å². The van der Waals surface area contributed by atoms with E-state index in [4.69, 9.17) is 14.3 Å². The largest absolute Gasteiger partial charge is 0.484 e. The number of anilines is 1. The van der Waals surface area contributed by atoms with Crippen molar-refractivity contribution in [2.45, 2.75) is 39.2 Å². The summed E-state index contributed by atoms with van der Waals surface area (Å²) in [6.07, 6.45) is 2.21. The highest BCUT2D eigenvalue weighted by molar-refractivity contribution is 6.06. The smallest absolute Gasteiger partial charge is 0.335 e. The molecule has 0 bridgehead atoms. The molecule has 41 heavy (non-hydrogen) atoms. The number of rotatable bonds is 6. The van der Waals surface area contributed by atoms with Gasteiger partial charge in [0, 0.05) is 37.2 Å². The van der Waals surface area contributed by atoms with Gasteiger partial charge in [-0.2, -0.15) is 5.10 Å². The normalized spacial score (nSPS) is 14.6. The van der Waals surface area contributed by atoms with Gasteiger partial charge < -0.3 is 19.2 Å². The molecule has 10 heteroatoms. The quantitative estimate of drug-likeness (QED) is 0.266. The summed E-state index contributed by atoms with van der Waals surface area (Å²) < 4.78 is 28.6. The van der Waals surface area contributed by atoms with Crippen LogP contribution in [-0.4, -0.2) is 38.8 Å². The summed E-state index contributed by atoms with van der Waals surface area (Å²) in [5.41, 5.74) is 4.95. The first-order valence-corrected chi connectivity index (χ1v) is 13.2. The second-order valence-electron chi connectivity index (χ2n) is 10.1. The van der Waals surface area contributed by atoms with Gasteiger partial charge >= 0.3 is 5.97 Å². The van der Waals surface area contributed by atoms with E-state index in [2.05, 4.69) is 4.98 Å². The van der Waals surface area contributed by atoms with Crippen LogP contribution in [0.25, 0.3) is 16.8 Å². The highest BCUT2D eigenvalue weighted by Gasteiger charge is 2.30. The van der Waals surface area contributed by atoms with Crippen molar-refractivity contribution in [3.8, 4) is 11.4 Å². The Morgan fingerprint density at radius 2 is 1.88 bits per heavy atom. The monoisotopic (exact) mass is 554 g/mol. The maximum Gasteiger partial charge on any atom is 0.335 e. The van der Waals surface area contributed by atoms with Crippen LogP contribution in [0, 0.1) is 19.7 Å². The number of oxazole rings is 1. The third-order valence-electron chi connectivity index (χ3n) is 7.37. The Hall–Kier alpha value is -4.99. The van der Waals surface area contributed by atoms with E-state index in [9.17, 15) is 19.1 Å². The molecule has 2 heterocycles. The molecule has 6 rings (SSSR count). The molecule has 0 spiro atoms. The molecule has 0 radical (unpaired) electrons. The van der Waals surface area contributed by atoms with Gasteiger partial charge in [0.15, 0.2) is 11.5 Å². The van der Waals surface area contributed by atoms with Crippen molar-refractivity contribution in [3.05, 3.63) is 100 Å². The molecule has 3 aromatic carbocycles. The SMILES string of the molecule is Cc1nc2cc(F)c(N(C)C(=O)c3cccc(-n4nc(C)c5c4C(Oc4ccc(C(=O)O)cc4)CCC5)c3)cc2o1. The van der Waals surface area contributed by atoms with E-state index in [1.807, 2.05) is 13.0 Å². The number of hydrogen-bond donors (Lipinski definition) is 1. The molecule has 1 unspecified atom stereocenters. The lowest BCUT2D eigenvalue weighted by Crippen LogP contribution is -2.27. The fraction of sp³-hybridized carbons (Fsp3) is 0.226. The first kappa shape index (κ1) is 26.2. The van der Waals surface area contributed by atoms with Crippen LogP contribution < -0.4 is 9.64 Å². The average molecular weight is 555 g/mol. The van der Waals surface area contributed by atoms with Gasteiger partial charge in [-0.1, -0.05) is 6.07 Å². The number of carboxylic acids is 1. The zero-order valence-corrected chi connectivity index (χ0v) is 22.7. The van der Waals surface area contributed by atoms with Gasteiger partial charge in [-0.25, -0.2) is 18.9 Å². The van der Waals surface area contributed by atoms with Crippen LogP contribution in [0.4, 0.5) is 10.1 Å². The molecular weight excluding hydrogens is 527 g/mol. The minimum Gasteiger partial charge on any atom is -0.484 e. The van der Waals surface area contributed by atoms with Crippen molar-refractivity contribution >= 4 is 28.7 Å². The summed E-state index contributed by atoms with van der Waals surface area (Å²) in [5.74, 6) is -1.00. The fourth-order valence-electron chi connectivity index (χ4n) is 5.35. The van der Waals surface area contributed by atoms with Crippen molar-refractivity contribution in [1.82, 2.24) is 14.8 Å². The number of carboxylic acid groups (broad SMARTS) is 1. The number of ether oxygens (including phenoxy) is 1. The lowest BCUT2D eigenvalue weighted by molar-refractivity contribution is 0.0696. The summed E-state index contributed by atoms with van der Waals surface area (Å²) in [6, 6.07) is 16.1. The zero-order chi connectivity index (χ0) is 28.8. The predicted molar refractivity (Wildman–Crippen MR) is 149 cm³/mol. The maximum atomic E-state index is 14.9. The molecule has 1 amide bonds. The molecule has 1 atom stereocenters. The molecule has 0 saturated carbocycles. The average Bonchev–Trinajstić information content (AvgIpc) is 3.50. The number of benzene rings is 3. The van der Waals surface area contributed by atoms with Crippen LogP contribution in [-0.2, 0) is 6.42 Å². The number of nitrogens with zero attached hydrogens (tertiary/aromatic N) is 4. The van der Waals surface area contributed by atoms with Crippen LogP contribution in [0.5, 0.6) is 5.75 Å². The third-order valence-corrected chi connectivity index (χ3v) is 7.37. The number of carbonyl (C=O) groups excluding carboxylic acids is 1. The summed E-state index contributed by atoms with van der Waals surface area (Å²) in [4.78, 5) is 30.1. The molecule has 1 aliphatic rings. The van der Waals surface area contributed by atoms with Gasteiger partial charge in [0.1, 0.15) is 23.2 Å². The number of aryl methyl sites for hydroxylation is 2. The molecule has 0 aliphatic heterocycles. The highest BCUT2D eigenvalue weighted by atomic mass is 19.1. The Bertz CT molecular complexity index is 1810. The summed E-state index contributed by atoms with van der Waals surface area (Å²) >= 11 is 0. The van der Waals surface area contributed by atoms with E-state index in [1.165, 1.54) is 36.2 Å². The van der Waals surface area contributed by atoms with E-state index in [-0.39, 0.29) is 17.4 Å². The first-order chi connectivity index (χ1) is 19.7. The summed E-state index contributed by atoms with van der Waals surface area (Å²) in [5, 5.41) is 14.0. The molecule has 0 saturated heterocycles. The van der Waals surface area contributed by atoms with Crippen molar-refractivity contribution in [1.29, 1.82) is 0 Å². The van der Waals surface area contributed by atoms with Gasteiger partial charge in [0.05, 0.1) is 28.3 Å². The number of halogens is 1. The van der Waals surface area contributed by atoms with E-state index in [1.54, 1.807) is 41.9 Å². The molecular formula is C31H27FN4O5. The third kappa shape index (κ3) is 4.82. The molecule has 1 N–H and O–H groups in total. The van der Waals surface area contributed by atoms with Crippen LogP contribution in [0.2, 0.25) is 0 Å². The number of aromatic nitrogens is 3. The Kier molecular flexibility index (Phi) is 6.53. The van der Waals surface area contributed by atoms with Crippen molar-refractivity contribution in [3.63, 3.8) is 0 Å². The van der Waals surface area contributed by atoms with E-state index in [0.717, 1.165) is 36.2 Å². The zero-order valence-electron chi connectivity index (χ0n) is 22.7. The number of fused-ring (bicyclic) bond motifs is 2. The second kappa shape index (κ2) is 10.2. The van der Waals surface area contributed by atoms with Gasteiger partial charge in [-0.05, 0) is 68.7 Å². The molecule has 208 valence electrons. The number of amides is 1. The molecule has 5 aromatic rings. The van der Waals surface area contributed by atoms with Gasteiger partial charge in [0.2, 0.25) is 0 Å². The molecule has 2 aromatic heterocycles. The maximum absolute atomic E-state index is 14.9. The van der Waals surface area contributed by atoms with E-state index >= 15 is 0 Å². The van der Waals surface area contributed by atoms with Gasteiger partial charge in [-0.3, -0.25) is 4.79 Å². The fourth-order valence-corrected chi connectivity index (χ4v) is 5.35. The number of hydrogen-bond acceptors (Lipinski definition) is 6. The van der Waals surface area contributed by atoms with Crippen LogP contribution in [0.15, 0.2) is 65.1 Å². The Balaban J connectivity index is 1.32. The Morgan fingerprint density at radius 3 is 2.63 bits per heavy atom. The Labute approximate surface area is 234 Å². The van der Waals surface area contributed by atoms with Crippen molar-refractivity contribution < 1.29 is 28.2 Å². The van der Waals surface area contributed by atoms with Gasteiger partial charge in [-0.15, -0.1) is 0 Å². The molecule has 0 fully saturated rings. The number of aromatic carboxylic acids is 1. The minimum atomic E-state index is -0.998. The standard InChI is InChI=1S/C31H27FN4O5/c1-17-23-8-5-9-27(41-22-12-10-19(11-13-22)31(38)39)29(23)36(34-17)21-7-4-6-20(14-21)30(37)35(3)26-16-28-25(15-24(26)32)33-18(2)40-28/h4,6-7,10-16,27H,5,8-9H2,1-3H3,(H,38,39). The molecule has 1 aliphatic carbocycles. The van der Waals surface area contributed by atoms with Crippen molar-refractivity contribution in [2.24, 2.45) is 0 Å². The van der Waals surface area contributed by atoms with Crippen LogP contribution in [0.3, 0.4) is 0 Å². The van der Waals surface area contributed by atoms with Crippen molar-refractivity contribution in [2.75, 3.05) is 11.9 Å². The predicted octanol–water partition coefficient (Wildman–Crippen LogP) is 6.20. The molecule has 9 nitrogen and oxygen atoms in total. The summed E-state index contributed by atoms with van der Waals surface area (Å²) in [6.45, 7) is 3.63. The Morgan fingerprint density at radius 1 is 1.10 bits per heavy atom. The lowest BCUT2D eigenvalue weighted by atomic mass is 9.93. The second-order valence-corrected chi connectivity index (χ2v) is 10.1. The van der Waals surface area contributed by atoms with Gasteiger partial charge in [0.25, 0.3) is 5.91 Å². The lowest BCUT2D eigenvalue weighted by Gasteiger charge is -2.26. The first-order valence-electron chi connectivity index (χ1n) is 13.2. The van der Waals surface area contributed by atoms with Crippen LogP contribution in [0.1, 0.15) is 62.5 Å². The number of carbonyl (C=O) groups is 2. The van der Waals surface area contributed by atoms with E-state index in [0.29, 0.717) is 34.0 Å². The minimum absolute atomic E-state index is 0.0822.